The number of anilines is 2. The van der Waals surface area contributed by atoms with Gasteiger partial charge < -0.3 is 5.32 Å². The van der Waals surface area contributed by atoms with Gasteiger partial charge in [-0.15, -0.1) is 11.3 Å². The lowest BCUT2D eigenvalue weighted by Crippen LogP contribution is -1.96. The van der Waals surface area contributed by atoms with Crippen molar-refractivity contribution < 1.29 is 0 Å². The van der Waals surface area contributed by atoms with Gasteiger partial charge in [-0.25, -0.2) is 4.98 Å². The number of nitrogens with one attached hydrogen (secondary N) is 1. The molecule has 0 aliphatic rings. The minimum absolute atomic E-state index is 1.06. The number of hydrogen-bond acceptors (Lipinski definition) is 3. The molecule has 2 aromatic carbocycles. The molecule has 0 fully saturated rings. The third kappa shape index (κ3) is 2.22. The molecule has 3 rings (SSSR count). The summed E-state index contributed by atoms with van der Waals surface area (Å²) in [6.07, 6.45) is 0. The maximum absolute atomic E-state index is 4.62. The molecule has 3 aromatic rings. The minimum atomic E-state index is 1.06. The largest absolute Gasteiger partial charge is 0.353 e. The second kappa shape index (κ2) is 4.67. The Hall–Kier alpha value is -1.87. The van der Waals surface area contributed by atoms with E-state index < -0.39 is 0 Å². The maximum atomic E-state index is 4.62. The van der Waals surface area contributed by atoms with Crippen LogP contribution in [0.4, 0.5) is 11.4 Å². The van der Waals surface area contributed by atoms with Gasteiger partial charge in [0.1, 0.15) is 5.52 Å². The average Bonchev–Trinajstić information content (AvgIpc) is 2.75. The number of nitrogens with zero attached hydrogens (tertiary/aromatic N) is 1. The number of rotatable bonds is 2. The van der Waals surface area contributed by atoms with Crippen LogP contribution in [0.25, 0.3) is 10.2 Å². The number of benzene rings is 2. The van der Waals surface area contributed by atoms with Gasteiger partial charge >= 0.3 is 0 Å². The summed E-state index contributed by atoms with van der Waals surface area (Å²) in [6, 6.07) is 12.6. The van der Waals surface area contributed by atoms with E-state index in [2.05, 4.69) is 60.5 Å². The zero-order valence-corrected chi connectivity index (χ0v) is 12.1. The van der Waals surface area contributed by atoms with Gasteiger partial charge in [0.25, 0.3) is 0 Å². The molecule has 0 spiro atoms. The summed E-state index contributed by atoms with van der Waals surface area (Å²) >= 11 is 1.73. The van der Waals surface area contributed by atoms with Crippen molar-refractivity contribution in [3.8, 4) is 0 Å². The fraction of sp³-hybridized carbons (Fsp3) is 0.188. The highest BCUT2D eigenvalue weighted by Gasteiger charge is 2.08. The predicted molar refractivity (Wildman–Crippen MR) is 83.6 cm³/mol. The monoisotopic (exact) mass is 268 g/mol. The molecule has 0 amide bonds. The Balaban J connectivity index is 2.11. The fourth-order valence-electron chi connectivity index (χ4n) is 2.31. The van der Waals surface area contributed by atoms with Gasteiger partial charge in [-0.1, -0.05) is 24.3 Å². The van der Waals surface area contributed by atoms with Crippen molar-refractivity contribution in [1.82, 2.24) is 4.98 Å². The second-order valence-corrected chi connectivity index (χ2v) is 6.01. The Morgan fingerprint density at radius 3 is 2.37 bits per heavy atom. The Morgan fingerprint density at radius 1 is 0.947 bits per heavy atom. The van der Waals surface area contributed by atoms with Crippen LogP contribution in [0.5, 0.6) is 0 Å². The topological polar surface area (TPSA) is 24.9 Å². The molecule has 1 N–H and O–H groups in total. The molecule has 0 saturated carbocycles. The summed E-state index contributed by atoms with van der Waals surface area (Å²) in [6.45, 7) is 6.30. The van der Waals surface area contributed by atoms with Crippen molar-refractivity contribution in [2.45, 2.75) is 20.8 Å². The van der Waals surface area contributed by atoms with E-state index in [1.807, 2.05) is 6.92 Å². The van der Waals surface area contributed by atoms with Crippen LogP contribution in [0, 0.1) is 20.8 Å². The van der Waals surface area contributed by atoms with E-state index in [1.54, 1.807) is 11.3 Å². The molecule has 0 aliphatic heterocycles. The maximum Gasteiger partial charge on any atom is 0.105 e. The third-order valence-corrected chi connectivity index (χ3v) is 4.20. The predicted octanol–water partition coefficient (Wildman–Crippen LogP) is 4.97. The summed E-state index contributed by atoms with van der Waals surface area (Å²) in [5, 5.41) is 4.64. The second-order valence-electron chi connectivity index (χ2n) is 4.78. The number of thiazole rings is 1. The van der Waals surface area contributed by atoms with Crippen molar-refractivity contribution in [2.75, 3.05) is 5.32 Å². The van der Waals surface area contributed by atoms with Crippen molar-refractivity contribution in [2.24, 2.45) is 0 Å². The van der Waals surface area contributed by atoms with Crippen LogP contribution in [-0.2, 0) is 0 Å². The number of aromatic nitrogens is 1. The molecule has 1 heterocycles. The lowest BCUT2D eigenvalue weighted by Gasteiger charge is -2.12. The van der Waals surface area contributed by atoms with Crippen molar-refractivity contribution in [3.63, 3.8) is 0 Å². The zero-order chi connectivity index (χ0) is 13.4. The molecular formula is C16H16N2S. The van der Waals surface area contributed by atoms with Gasteiger partial charge in [-0.05, 0) is 44.0 Å². The van der Waals surface area contributed by atoms with Crippen LogP contribution in [0.3, 0.4) is 0 Å². The molecule has 1 aromatic heterocycles. The summed E-state index contributed by atoms with van der Waals surface area (Å²) in [4.78, 5) is 4.62. The lowest BCUT2D eigenvalue weighted by atomic mass is 10.1. The molecule has 0 atom stereocenters. The summed E-state index contributed by atoms with van der Waals surface area (Å²) in [5.41, 5.74) is 5.83. The summed E-state index contributed by atoms with van der Waals surface area (Å²) in [7, 11) is 0. The number of aryl methyl sites for hydroxylation is 3. The average molecular weight is 268 g/mol. The first-order chi connectivity index (χ1) is 9.15. The van der Waals surface area contributed by atoms with E-state index in [4.69, 9.17) is 0 Å². The van der Waals surface area contributed by atoms with E-state index >= 15 is 0 Å². The molecule has 0 unspecified atom stereocenters. The Morgan fingerprint density at radius 2 is 1.63 bits per heavy atom. The molecule has 2 nitrogen and oxygen atoms in total. The highest BCUT2D eigenvalue weighted by atomic mass is 32.1. The van der Waals surface area contributed by atoms with E-state index in [0.717, 1.165) is 16.2 Å². The Bertz CT molecular complexity index is 723. The lowest BCUT2D eigenvalue weighted by molar-refractivity contribution is 1.33. The van der Waals surface area contributed by atoms with Crippen molar-refractivity contribution in [3.05, 3.63) is 52.5 Å². The molecule has 3 heteroatoms. The first-order valence-corrected chi connectivity index (χ1v) is 7.16. The molecular weight excluding hydrogens is 252 g/mol. The standard InChI is InChI=1S/C16H16N2S/c1-10-6-4-7-11(2)15(10)18-13-8-5-9-14-16(13)17-12(3)19-14/h4-9,18H,1-3H3. The number of fused-ring (bicyclic) bond motifs is 1. The van der Waals surface area contributed by atoms with Gasteiger partial charge in [0.05, 0.1) is 15.4 Å². The SMILES string of the molecule is Cc1nc2c(Nc3c(C)cccc3C)cccc2s1. The summed E-state index contributed by atoms with van der Waals surface area (Å²) in [5.74, 6) is 0. The van der Waals surface area contributed by atoms with Crippen LogP contribution in [0.2, 0.25) is 0 Å². The molecule has 0 saturated heterocycles. The summed E-state index contributed by atoms with van der Waals surface area (Å²) < 4.78 is 1.23. The number of para-hydroxylation sites is 2. The van der Waals surface area contributed by atoms with Crippen molar-refractivity contribution in [1.29, 1.82) is 0 Å². The van der Waals surface area contributed by atoms with Gasteiger partial charge in [0, 0.05) is 5.69 Å². The smallest absolute Gasteiger partial charge is 0.105 e. The van der Waals surface area contributed by atoms with Gasteiger partial charge in [0.2, 0.25) is 0 Å². The van der Waals surface area contributed by atoms with Gasteiger partial charge in [0.15, 0.2) is 0 Å². The van der Waals surface area contributed by atoms with Gasteiger partial charge in [-0.3, -0.25) is 0 Å². The van der Waals surface area contributed by atoms with E-state index in [1.165, 1.54) is 21.5 Å². The molecule has 0 radical (unpaired) electrons. The van der Waals surface area contributed by atoms with E-state index in [-0.39, 0.29) is 0 Å². The highest BCUT2D eigenvalue weighted by Crippen LogP contribution is 2.31. The first-order valence-electron chi connectivity index (χ1n) is 6.34. The van der Waals surface area contributed by atoms with E-state index in [0.29, 0.717) is 0 Å². The third-order valence-electron chi connectivity index (χ3n) is 3.27. The first kappa shape index (κ1) is 12.2. The number of hydrogen-bond donors (Lipinski definition) is 1. The molecule has 0 aliphatic carbocycles. The van der Waals surface area contributed by atoms with Crippen LogP contribution in [0.1, 0.15) is 16.1 Å². The quantitative estimate of drug-likeness (QED) is 0.710. The Kier molecular flexibility index (Phi) is 2.99. The van der Waals surface area contributed by atoms with Crippen molar-refractivity contribution >= 4 is 32.9 Å². The molecule has 96 valence electrons. The zero-order valence-electron chi connectivity index (χ0n) is 11.3. The van der Waals surface area contributed by atoms with Crippen LogP contribution in [-0.4, -0.2) is 4.98 Å². The molecule has 19 heavy (non-hydrogen) atoms. The Labute approximate surface area is 117 Å². The van der Waals surface area contributed by atoms with Crippen LogP contribution < -0.4 is 5.32 Å². The van der Waals surface area contributed by atoms with Gasteiger partial charge in [-0.2, -0.15) is 0 Å². The minimum Gasteiger partial charge on any atom is -0.353 e. The highest BCUT2D eigenvalue weighted by molar-refractivity contribution is 7.18. The van der Waals surface area contributed by atoms with Crippen LogP contribution >= 0.6 is 11.3 Å². The van der Waals surface area contributed by atoms with Crippen LogP contribution in [0.15, 0.2) is 36.4 Å². The fourth-order valence-corrected chi connectivity index (χ4v) is 3.16. The normalized spacial score (nSPS) is 10.9. The van der Waals surface area contributed by atoms with E-state index in [9.17, 15) is 0 Å². The molecule has 0 bridgehead atoms.